The quantitative estimate of drug-likeness (QED) is 0.370. The van der Waals surface area contributed by atoms with E-state index in [0.29, 0.717) is 33.5 Å². The number of piperidine rings is 1. The van der Waals surface area contributed by atoms with Crippen LogP contribution in [0.15, 0.2) is 30.6 Å². The average molecular weight is 489 g/mol. The fraction of sp³-hybridized carbons (Fsp3) is 0.348. The number of halogens is 4. The van der Waals surface area contributed by atoms with Crippen molar-refractivity contribution in [3.63, 3.8) is 0 Å². The largest absolute Gasteiger partial charge is 0.393 e. The number of H-pyrrole nitrogens is 1. The molecule has 1 aliphatic heterocycles. The van der Waals surface area contributed by atoms with Crippen molar-refractivity contribution in [2.45, 2.75) is 38.0 Å². The minimum Gasteiger partial charge on any atom is -0.367 e. The minimum absolute atomic E-state index is 0.0611. The standard InChI is InChI=1S/C23H20F4N6S/c24-20-16-7-13(1-2-18(16)32-19(20)10-28)11-33-5-3-14(4-6-33)31-21-17-8-15(9-23(25,26)27)34-22(17)30-12-29-21/h1-2,7-8,12,14,32H,3-6,9,11H2,(H,29,30,31). The Hall–Kier alpha value is -3.23. The highest BCUT2D eigenvalue weighted by Crippen LogP contribution is 2.33. The Kier molecular flexibility index (Phi) is 5.87. The van der Waals surface area contributed by atoms with Crippen LogP contribution >= 0.6 is 11.3 Å². The number of nitrogens with one attached hydrogen (secondary N) is 2. The molecule has 0 radical (unpaired) electrons. The number of alkyl halides is 3. The summed E-state index contributed by atoms with van der Waals surface area (Å²) in [4.78, 5) is 14.2. The molecule has 0 amide bonds. The zero-order valence-corrected chi connectivity index (χ0v) is 18.7. The lowest BCUT2D eigenvalue weighted by Gasteiger charge is -2.32. The summed E-state index contributed by atoms with van der Waals surface area (Å²) < 4.78 is 52.6. The minimum atomic E-state index is -4.26. The van der Waals surface area contributed by atoms with Crippen LogP contribution in [0, 0.1) is 17.1 Å². The molecule has 5 rings (SSSR count). The van der Waals surface area contributed by atoms with Crippen LogP contribution in [-0.4, -0.2) is 45.2 Å². The maximum atomic E-state index is 14.3. The van der Waals surface area contributed by atoms with E-state index in [4.69, 9.17) is 5.26 Å². The van der Waals surface area contributed by atoms with Gasteiger partial charge in [-0.2, -0.15) is 18.4 Å². The van der Waals surface area contributed by atoms with Gasteiger partial charge >= 0.3 is 6.18 Å². The summed E-state index contributed by atoms with van der Waals surface area (Å²) in [6.45, 7) is 2.29. The number of hydrogen-bond acceptors (Lipinski definition) is 6. The van der Waals surface area contributed by atoms with Gasteiger partial charge in [0.1, 0.15) is 23.0 Å². The molecule has 176 valence electrons. The Morgan fingerprint density at radius 3 is 2.71 bits per heavy atom. The molecule has 0 aliphatic carbocycles. The van der Waals surface area contributed by atoms with Gasteiger partial charge in [0.15, 0.2) is 11.5 Å². The lowest BCUT2D eigenvalue weighted by Crippen LogP contribution is -2.38. The highest BCUT2D eigenvalue weighted by atomic mass is 32.1. The van der Waals surface area contributed by atoms with Crippen LogP contribution in [0.2, 0.25) is 0 Å². The summed E-state index contributed by atoms with van der Waals surface area (Å²) >= 11 is 1.04. The number of nitrogens with zero attached hydrogens (tertiary/aromatic N) is 4. The number of aromatic nitrogens is 3. The van der Waals surface area contributed by atoms with Gasteiger partial charge in [-0.15, -0.1) is 11.3 Å². The van der Waals surface area contributed by atoms with Crippen LogP contribution < -0.4 is 5.32 Å². The summed E-state index contributed by atoms with van der Waals surface area (Å²) in [5, 5.41) is 13.4. The SMILES string of the molecule is N#Cc1[nH]c2ccc(CN3CCC(Nc4ncnc5sc(CC(F)(F)F)cc45)CC3)cc2c1F. The van der Waals surface area contributed by atoms with E-state index < -0.39 is 18.4 Å². The molecule has 6 nitrogen and oxygen atoms in total. The molecule has 0 atom stereocenters. The van der Waals surface area contributed by atoms with Gasteiger partial charge in [-0.1, -0.05) is 6.07 Å². The van der Waals surface area contributed by atoms with Crippen LogP contribution in [0.4, 0.5) is 23.4 Å². The van der Waals surface area contributed by atoms with Gasteiger partial charge in [0.25, 0.3) is 0 Å². The number of benzene rings is 1. The zero-order chi connectivity index (χ0) is 23.9. The summed E-state index contributed by atoms with van der Waals surface area (Å²) in [7, 11) is 0. The van der Waals surface area contributed by atoms with E-state index in [9.17, 15) is 17.6 Å². The molecule has 1 saturated heterocycles. The summed E-state index contributed by atoms with van der Waals surface area (Å²) in [5.41, 5.74) is 1.51. The first-order valence-electron chi connectivity index (χ1n) is 10.8. The Morgan fingerprint density at radius 1 is 1.18 bits per heavy atom. The molecule has 0 bridgehead atoms. The lowest BCUT2D eigenvalue weighted by molar-refractivity contribution is -0.126. The normalized spacial score (nSPS) is 15.7. The second kappa shape index (κ2) is 8.85. The van der Waals surface area contributed by atoms with Gasteiger partial charge in [-0.05, 0) is 36.6 Å². The fourth-order valence-corrected chi connectivity index (χ4v) is 5.40. The van der Waals surface area contributed by atoms with Crippen molar-refractivity contribution in [2.75, 3.05) is 18.4 Å². The molecule has 34 heavy (non-hydrogen) atoms. The number of thiophene rings is 1. The van der Waals surface area contributed by atoms with Gasteiger partial charge in [-0.25, -0.2) is 14.4 Å². The van der Waals surface area contributed by atoms with Gasteiger partial charge in [0, 0.05) is 41.5 Å². The second-order valence-corrected chi connectivity index (χ2v) is 9.56. The Bertz CT molecular complexity index is 1380. The zero-order valence-electron chi connectivity index (χ0n) is 17.9. The van der Waals surface area contributed by atoms with Crippen LogP contribution in [0.25, 0.3) is 21.1 Å². The molecule has 1 aromatic carbocycles. The third-order valence-corrected chi connectivity index (χ3v) is 7.04. The Balaban J connectivity index is 1.22. The number of nitriles is 1. The molecule has 1 fully saturated rings. The molecular formula is C23H20F4N6S. The Labute approximate surface area is 196 Å². The monoisotopic (exact) mass is 488 g/mol. The highest BCUT2D eigenvalue weighted by Gasteiger charge is 2.29. The fourth-order valence-electron chi connectivity index (χ4n) is 4.37. The number of fused-ring (bicyclic) bond motifs is 2. The van der Waals surface area contributed by atoms with E-state index in [0.717, 1.165) is 42.8 Å². The molecule has 0 unspecified atom stereocenters. The van der Waals surface area contributed by atoms with E-state index >= 15 is 0 Å². The second-order valence-electron chi connectivity index (χ2n) is 8.45. The predicted octanol–water partition coefficient (Wildman–Crippen LogP) is 5.36. The number of rotatable bonds is 5. The number of likely N-dealkylation sites (tertiary alicyclic amines) is 1. The van der Waals surface area contributed by atoms with Crippen molar-refractivity contribution in [1.29, 1.82) is 5.26 Å². The summed E-state index contributed by atoms with van der Waals surface area (Å²) in [6.07, 6.45) is -2.18. The summed E-state index contributed by atoms with van der Waals surface area (Å²) in [5.74, 6) is 0.0417. The summed E-state index contributed by atoms with van der Waals surface area (Å²) in [6, 6.07) is 8.99. The first-order valence-corrected chi connectivity index (χ1v) is 11.6. The number of anilines is 1. The van der Waals surface area contributed by atoms with Crippen molar-refractivity contribution in [3.05, 3.63) is 52.5 Å². The van der Waals surface area contributed by atoms with Crippen LogP contribution in [-0.2, 0) is 13.0 Å². The first-order chi connectivity index (χ1) is 16.3. The van der Waals surface area contributed by atoms with Crippen LogP contribution in [0.5, 0.6) is 0 Å². The molecule has 11 heteroatoms. The van der Waals surface area contributed by atoms with E-state index in [1.165, 1.54) is 12.4 Å². The first kappa shape index (κ1) is 22.6. The number of hydrogen-bond donors (Lipinski definition) is 2. The molecule has 1 aliphatic rings. The molecule has 2 N–H and O–H groups in total. The van der Waals surface area contributed by atoms with E-state index in [-0.39, 0.29) is 16.6 Å². The average Bonchev–Trinajstić information content (AvgIpc) is 3.34. The molecule has 4 heterocycles. The molecule has 4 aromatic rings. The van der Waals surface area contributed by atoms with Crippen molar-refractivity contribution in [3.8, 4) is 6.07 Å². The van der Waals surface area contributed by atoms with Crippen molar-refractivity contribution in [1.82, 2.24) is 19.9 Å². The van der Waals surface area contributed by atoms with Crippen molar-refractivity contribution < 1.29 is 17.6 Å². The van der Waals surface area contributed by atoms with Crippen LogP contribution in [0.3, 0.4) is 0 Å². The molecule has 3 aromatic heterocycles. The van der Waals surface area contributed by atoms with E-state index in [1.807, 2.05) is 12.1 Å². The maximum Gasteiger partial charge on any atom is 0.393 e. The lowest BCUT2D eigenvalue weighted by atomic mass is 10.0. The Morgan fingerprint density at radius 2 is 1.97 bits per heavy atom. The topological polar surface area (TPSA) is 80.6 Å². The third-order valence-electron chi connectivity index (χ3n) is 6.00. The molecule has 0 saturated carbocycles. The maximum absolute atomic E-state index is 14.3. The van der Waals surface area contributed by atoms with Gasteiger partial charge < -0.3 is 10.3 Å². The molecular weight excluding hydrogens is 468 g/mol. The third kappa shape index (κ3) is 4.69. The van der Waals surface area contributed by atoms with Gasteiger partial charge in [0.05, 0.1) is 11.8 Å². The van der Waals surface area contributed by atoms with Gasteiger partial charge in [-0.3, -0.25) is 4.90 Å². The van der Waals surface area contributed by atoms with Crippen LogP contribution in [0.1, 0.15) is 29.0 Å². The highest BCUT2D eigenvalue weighted by molar-refractivity contribution is 7.18. The number of aromatic amines is 1. The molecule has 0 spiro atoms. The van der Waals surface area contributed by atoms with Crippen molar-refractivity contribution >= 4 is 38.3 Å². The predicted molar refractivity (Wildman–Crippen MR) is 122 cm³/mol. The van der Waals surface area contributed by atoms with Gasteiger partial charge in [0.2, 0.25) is 0 Å². The smallest absolute Gasteiger partial charge is 0.367 e. The van der Waals surface area contributed by atoms with E-state index in [1.54, 1.807) is 12.1 Å². The van der Waals surface area contributed by atoms with Crippen molar-refractivity contribution in [2.24, 2.45) is 0 Å². The van der Waals surface area contributed by atoms with E-state index in [2.05, 4.69) is 25.2 Å².